The fourth-order valence-electron chi connectivity index (χ4n) is 2.09. The van der Waals surface area contributed by atoms with Crippen LogP contribution in [0.1, 0.15) is 50.1 Å². The first-order valence-corrected chi connectivity index (χ1v) is 8.37. The van der Waals surface area contributed by atoms with Crippen molar-refractivity contribution in [1.29, 1.82) is 0 Å². The van der Waals surface area contributed by atoms with Gasteiger partial charge in [-0.3, -0.25) is 4.79 Å². The van der Waals surface area contributed by atoms with Gasteiger partial charge >= 0.3 is 0 Å². The lowest BCUT2D eigenvalue weighted by atomic mass is 9.95. The summed E-state index contributed by atoms with van der Waals surface area (Å²) in [6.45, 7) is 6.57. The zero-order valence-corrected chi connectivity index (χ0v) is 14.2. The van der Waals surface area contributed by atoms with Gasteiger partial charge < -0.3 is 4.98 Å². The van der Waals surface area contributed by atoms with Crippen molar-refractivity contribution in [2.45, 2.75) is 44.9 Å². The SMILES string of the molecule is CC(C)(C)c1ccc(-c2nc(C3CC3)c(Br)c(=O)[nH]2)s1. The minimum absolute atomic E-state index is 0.0809. The Kier molecular flexibility index (Phi) is 3.37. The Morgan fingerprint density at radius 2 is 2.05 bits per heavy atom. The molecule has 5 heteroatoms. The fraction of sp³-hybridized carbons (Fsp3) is 0.467. The topological polar surface area (TPSA) is 45.8 Å². The summed E-state index contributed by atoms with van der Waals surface area (Å²) in [6.07, 6.45) is 2.26. The summed E-state index contributed by atoms with van der Waals surface area (Å²) in [6, 6.07) is 4.17. The quantitative estimate of drug-likeness (QED) is 0.868. The fourth-order valence-corrected chi connectivity index (χ4v) is 3.61. The van der Waals surface area contributed by atoms with E-state index in [2.05, 4.69) is 52.7 Å². The molecule has 1 saturated carbocycles. The highest BCUT2D eigenvalue weighted by atomic mass is 79.9. The summed E-state index contributed by atoms with van der Waals surface area (Å²) in [5.41, 5.74) is 0.954. The van der Waals surface area contributed by atoms with E-state index in [9.17, 15) is 4.79 Å². The number of H-pyrrole nitrogens is 1. The van der Waals surface area contributed by atoms with E-state index < -0.39 is 0 Å². The van der Waals surface area contributed by atoms with E-state index in [0.29, 0.717) is 16.2 Å². The van der Waals surface area contributed by atoms with Gasteiger partial charge in [0.15, 0.2) is 5.82 Å². The molecule has 1 aliphatic carbocycles. The molecule has 2 aromatic heterocycles. The molecule has 1 N–H and O–H groups in total. The Bertz CT molecular complexity index is 707. The van der Waals surface area contributed by atoms with Crippen molar-refractivity contribution >= 4 is 27.3 Å². The van der Waals surface area contributed by atoms with Gasteiger partial charge in [-0.1, -0.05) is 20.8 Å². The number of rotatable bonds is 2. The van der Waals surface area contributed by atoms with E-state index in [1.807, 2.05) is 6.07 Å². The average Bonchev–Trinajstić information content (AvgIpc) is 3.06. The van der Waals surface area contributed by atoms with E-state index in [4.69, 9.17) is 0 Å². The lowest BCUT2D eigenvalue weighted by molar-refractivity contribution is 0.604. The van der Waals surface area contributed by atoms with Crippen molar-refractivity contribution < 1.29 is 0 Å². The number of nitrogens with one attached hydrogen (secondary N) is 1. The molecule has 106 valence electrons. The van der Waals surface area contributed by atoms with Crippen molar-refractivity contribution in [3.8, 4) is 10.7 Å². The predicted octanol–water partition coefficient (Wildman–Crippen LogP) is 4.44. The molecule has 0 radical (unpaired) electrons. The highest BCUT2D eigenvalue weighted by Crippen LogP contribution is 2.42. The second-order valence-corrected chi connectivity index (χ2v) is 8.18. The monoisotopic (exact) mass is 352 g/mol. The van der Waals surface area contributed by atoms with Crippen LogP contribution >= 0.6 is 27.3 Å². The number of aromatic nitrogens is 2. The first-order valence-electron chi connectivity index (χ1n) is 6.76. The Morgan fingerprint density at radius 3 is 2.60 bits per heavy atom. The molecule has 0 aliphatic heterocycles. The smallest absolute Gasteiger partial charge is 0.265 e. The highest BCUT2D eigenvalue weighted by molar-refractivity contribution is 9.10. The number of halogens is 1. The van der Waals surface area contributed by atoms with Crippen LogP contribution in [0, 0.1) is 0 Å². The van der Waals surface area contributed by atoms with Crippen LogP contribution in [-0.2, 0) is 5.41 Å². The van der Waals surface area contributed by atoms with Crippen LogP contribution in [0.2, 0.25) is 0 Å². The highest BCUT2D eigenvalue weighted by Gasteiger charge is 2.29. The van der Waals surface area contributed by atoms with Crippen LogP contribution < -0.4 is 5.56 Å². The lowest BCUT2D eigenvalue weighted by Gasteiger charge is -2.15. The summed E-state index contributed by atoms with van der Waals surface area (Å²) in [4.78, 5) is 21.9. The van der Waals surface area contributed by atoms with Gasteiger partial charge in [-0.15, -0.1) is 11.3 Å². The van der Waals surface area contributed by atoms with Gasteiger partial charge in [0, 0.05) is 10.8 Å². The molecular formula is C15H17BrN2OS. The molecule has 20 heavy (non-hydrogen) atoms. The van der Waals surface area contributed by atoms with E-state index in [0.717, 1.165) is 23.4 Å². The van der Waals surface area contributed by atoms with Crippen LogP contribution in [0.5, 0.6) is 0 Å². The molecule has 3 nitrogen and oxygen atoms in total. The first kappa shape index (κ1) is 14.0. The molecule has 1 fully saturated rings. The molecule has 3 rings (SSSR count). The molecule has 0 bridgehead atoms. The normalized spacial score (nSPS) is 15.6. The number of nitrogens with zero attached hydrogens (tertiary/aromatic N) is 1. The maximum atomic E-state index is 12.0. The van der Waals surface area contributed by atoms with Gasteiger partial charge in [0.2, 0.25) is 0 Å². The zero-order valence-electron chi connectivity index (χ0n) is 11.8. The van der Waals surface area contributed by atoms with Crippen molar-refractivity contribution in [3.05, 3.63) is 37.5 Å². The maximum absolute atomic E-state index is 12.0. The second-order valence-electron chi connectivity index (χ2n) is 6.30. The number of hydrogen-bond donors (Lipinski definition) is 1. The van der Waals surface area contributed by atoms with E-state index in [-0.39, 0.29) is 11.0 Å². The van der Waals surface area contributed by atoms with Gasteiger partial charge in [0.1, 0.15) is 4.47 Å². The molecule has 0 aromatic carbocycles. The minimum atomic E-state index is -0.0809. The van der Waals surface area contributed by atoms with Gasteiger partial charge in [-0.2, -0.15) is 0 Å². The molecule has 0 unspecified atom stereocenters. The van der Waals surface area contributed by atoms with Gasteiger partial charge in [0.05, 0.1) is 10.6 Å². The first-order chi connectivity index (χ1) is 9.36. The number of hydrogen-bond acceptors (Lipinski definition) is 3. The van der Waals surface area contributed by atoms with E-state index in [1.54, 1.807) is 11.3 Å². The summed E-state index contributed by atoms with van der Waals surface area (Å²) >= 11 is 5.06. The predicted molar refractivity (Wildman–Crippen MR) is 86.5 cm³/mol. The molecule has 1 aliphatic rings. The second kappa shape index (κ2) is 4.81. The van der Waals surface area contributed by atoms with Crippen molar-refractivity contribution in [2.75, 3.05) is 0 Å². The molecule has 2 heterocycles. The standard InChI is InChI=1S/C15H17BrN2OS/c1-15(2,3)10-7-6-9(20-10)13-17-12(8-4-5-8)11(16)14(19)18-13/h6-8H,4-5H2,1-3H3,(H,17,18,19). The largest absolute Gasteiger partial charge is 0.305 e. The van der Waals surface area contributed by atoms with Crippen molar-refractivity contribution in [3.63, 3.8) is 0 Å². The number of aromatic amines is 1. The van der Waals surface area contributed by atoms with Crippen LogP contribution in [-0.4, -0.2) is 9.97 Å². The summed E-state index contributed by atoms with van der Waals surface area (Å²) in [7, 11) is 0. The van der Waals surface area contributed by atoms with Crippen LogP contribution in [0.15, 0.2) is 21.4 Å². The van der Waals surface area contributed by atoms with Crippen molar-refractivity contribution in [1.82, 2.24) is 9.97 Å². The third-order valence-corrected chi connectivity index (χ3v) is 5.72. The van der Waals surface area contributed by atoms with Gasteiger partial charge in [0.25, 0.3) is 5.56 Å². The van der Waals surface area contributed by atoms with Gasteiger partial charge in [-0.05, 0) is 46.3 Å². The van der Waals surface area contributed by atoms with Gasteiger partial charge in [-0.25, -0.2) is 4.98 Å². The zero-order chi connectivity index (χ0) is 14.5. The third-order valence-electron chi connectivity index (χ3n) is 3.43. The molecule has 0 amide bonds. The average molecular weight is 353 g/mol. The van der Waals surface area contributed by atoms with Crippen LogP contribution in [0.4, 0.5) is 0 Å². The lowest BCUT2D eigenvalue weighted by Crippen LogP contribution is -2.12. The minimum Gasteiger partial charge on any atom is -0.305 e. The molecule has 0 spiro atoms. The molecular weight excluding hydrogens is 336 g/mol. The Balaban J connectivity index is 2.06. The molecule has 0 atom stereocenters. The summed E-state index contributed by atoms with van der Waals surface area (Å²) < 4.78 is 0.594. The van der Waals surface area contributed by atoms with E-state index in [1.165, 1.54) is 4.88 Å². The molecule has 2 aromatic rings. The Labute approximate surface area is 130 Å². The van der Waals surface area contributed by atoms with E-state index >= 15 is 0 Å². The summed E-state index contributed by atoms with van der Waals surface area (Å²) in [5, 5.41) is 0. The Morgan fingerprint density at radius 1 is 1.35 bits per heavy atom. The van der Waals surface area contributed by atoms with Crippen LogP contribution in [0.3, 0.4) is 0 Å². The summed E-state index contributed by atoms with van der Waals surface area (Å²) in [5.74, 6) is 1.15. The van der Waals surface area contributed by atoms with Crippen LogP contribution in [0.25, 0.3) is 10.7 Å². The van der Waals surface area contributed by atoms with Crippen molar-refractivity contribution in [2.24, 2.45) is 0 Å². The molecule has 0 saturated heterocycles. The Hall–Kier alpha value is -0.940. The number of thiophene rings is 1. The third kappa shape index (κ3) is 2.61. The maximum Gasteiger partial charge on any atom is 0.265 e.